The summed E-state index contributed by atoms with van der Waals surface area (Å²) < 4.78 is 11.0. The molecule has 2 aromatic rings. The number of carboxylic acid groups (broad SMARTS) is 1. The molecular formula is C24H30BN5O7. The van der Waals surface area contributed by atoms with E-state index in [1.54, 1.807) is 0 Å². The van der Waals surface area contributed by atoms with Crippen LogP contribution in [0.3, 0.4) is 0 Å². The smallest absolute Gasteiger partial charge is 0.507 e. The summed E-state index contributed by atoms with van der Waals surface area (Å²) in [5, 5.41) is 17.6. The number of likely N-dealkylation sites (N-methyl/N-ethyl adjacent to an activating group) is 1. The van der Waals surface area contributed by atoms with Crippen LogP contribution in [-0.2, 0) is 30.1 Å². The van der Waals surface area contributed by atoms with Crippen molar-refractivity contribution in [2.75, 3.05) is 7.05 Å². The van der Waals surface area contributed by atoms with E-state index in [1.807, 2.05) is 44.2 Å². The van der Waals surface area contributed by atoms with Crippen LogP contribution in [0.1, 0.15) is 36.3 Å². The monoisotopic (exact) mass is 511 g/mol. The molecular weight excluding hydrogens is 481 g/mol. The van der Waals surface area contributed by atoms with Crippen molar-refractivity contribution in [2.45, 2.75) is 50.8 Å². The molecule has 1 aliphatic rings. The average molecular weight is 511 g/mol. The quantitative estimate of drug-likeness (QED) is 0.301. The Bertz CT molecular complexity index is 1090. The van der Waals surface area contributed by atoms with E-state index in [9.17, 15) is 24.3 Å². The number of hydrogen-bond donors (Lipinski definition) is 4. The lowest BCUT2D eigenvalue weighted by molar-refractivity contribution is -0.161. The van der Waals surface area contributed by atoms with Crippen molar-refractivity contribution >= 4 is 30.9 Å². The molecule has 2 amide bonds. The molecule has 0 bridgehead atoms. The summed E-state index contributed by atoms with van der Waals surface area (Å²) >= 11 is 0. The van der Waals surface area contributed by atoms with E-state index in [0.29, 0.717) is 6.42 Å². The molecule has 3 rings (SSSR count). The zero-order valence-electron chi connectivity index (χ0n) is 20.8. The summed E-state index contributed by atoms with van der Waals surface area (Å²) in [5.41, 5.74) is 0.838. The second-order valence-corrected chi connectivity index (χ2v) is 9.02. The van der Waals surface area contributed by atoms with Gasteiger partial charge in [0.15, 0.2) is 6.10 Å². The lowest BCUT2D eigenvalue weighted by Gasteiger charge is -2.35. The summed E-state index contributed by atoms with van der Waals surface area (Å²) in [4.78, 5) is 58.3. The molecule has 0 aliphatic carbocycles. The number of carbonyl (C=O) groups excluding carboxylic acids is 3. The van der Waals surface area contributed by atoms with Crippen LogP contribution in [0.2, 0.25) is 0 Å². The van der Waals surface area contributed by atoms with Crippen molar-refractivity contribution in [1.29, 1.82) is 0 Å². The molecule has 37 heavy (non-hydrogen) atoms. The van der Waals surface area contributed by atoms with Crippen LogP contribution in [-0.4, -0.2) is 77.1 Å². The number of carboxylic acids is 1. The number of benzene rings is 1. The van der Waals surface area contributed by atoms with Crippen molar-refractivity contribution in [2.24, 2.45) is 5.92 Å². The first-order valence-electron chi connectivity index (χ1n) is 11.9. The lowest BCUT2D eigenvalue weighted by Crippen LogP contribution is -2.64. The predicted octanol–water partition coefficient (Wildman–Crippen LogP) is -0.00940. The highest BCUT2D eigenvalue weighted by atomic mass is 16.6. The molecule has 13 heteroatoms. The normalized spacial score (nSPS) is 19.0. The third kappa shape index (κ3) is 7.57. The topological polar surface area (TPSA) is 169 Å². The SMILES string of the molecule is CN[C@H]1C(=O)OB([C@H](CC(C)C)NC(=O)[C@H](Cc2ccccc2)NC(=O)c2cnccn2)O[C@H]1C(=O)O. The number of amides is 2. The van der Waals surface area contributed by atoms with Gasteiger partial charge in [0.25, 0.3) is 5.91 Å². The van der Waals surface area contributed by atoms with Gasteiger partial charge < -0.3 is 30.4 Å². The number of nitrogens with one attached hydrogen (secondary N) is 3. The van der Waals surface area contributed by atoms with Gasteiger partial charge in [-0.15, -0.1) is 0 Å². The fraction of sp³-hybridized carbons (Fsp3) is 0.417. The molecule has 1 aromatic carbocycles. The Balaban J connectivity index is 1.83. The second kappa shape index (κ2) is 12.9. The molecule has 1 saturated heterocycles. The first kappa shape index (κ1) is 27.7. The van der Waals surface area contributed by atoms with Crippen molar-refractivity contribution in [3.05, 3.63) is 60.2 Å². The summed E-state index contributed by atoms with van der Waals surface area (Å²) in [6.45, 7) is 3.79. The van der Waals surface area contributed by atoms with Crippen LogP contribution in [0.5, 0.6) is 0 Å². The summed E-state index contributed by atoms with van der Waals surface area (Å²) in [5.74, 6) is -4.14. The highest BCUT2D eigenvalue weighted by Crippen LogP contribution is 2.19. The van der Waals surface area contributed by atoms with E-state index in [0.717, 1.165) is 5.56 Å². The minimum atomic E-state index is -1.50. The Morgan fingerprint density at radius 2 is 1.86 bits per heavy atom. The summed E-state index contributed by atoms with van der Waals surface area (Å²) in [6.07, 6.45) is 3.06. The first-order valence-corrected chi connectivity index (χ1v) is 11.9. The Hall–Kier alpha value is -3.84. The third-order valence-electron chi connectivity index (χ3n) is 5.71. The number of rotatable bonds is 11. The molecule has 0 unspecified atom stereocenters. The van der Waals surface area contributed by atoms with Crippen LogP contribution in [0.25, 0.3) is 0 Å². The van der Waals surface area contributed by atoms with Crippen LogP contribution < -0.4 is 16.0 Å². The predicted molar refractivity (Wildman–Crippen MR) is 132 cm³/mol. The zero-order valence-corrected chi connectivity index (χ0v) is 20.8. The fourth-order valence-corrected chi connectivity index (χ4v) is 3.95. The maximum Gasteiger partial charge on any atom is 0.552 e. The average Bonchev–Trinajstić information content (AvgIpc) is 2.88. The molecule has 2 heterocycles. The number of nitrogens with zero attached hydrogens (tertiary/aromatic N) is 2. The van der Waals surface area contributed by atoms with Gasteiger partial charge in [0.2, 0.25) is 5.91 Å². The molecule has 0 spiro atoms. The number of carbonyl (C=O) groups is 4. The van der Waals surface area contributed by atoms with Gasteiger partial charge in [0.1, 0.15) is 17.8 Å². The van der Waals surface area contributed by atoms with Gasteiger partial charge >= 0.3 is 19.1 Å². The van der Waals surface area contributed by atoms with Crippen molar-refractivity contribution in [3.8, 4) is 0 Å². The van der Waals surface area contributed by atoms with Crippen LogP contribution >= 0.6 is 0 Å². The zero-order chi connectivity index (χ0) is 26.9. The second-order valence-electron chi connectivity index (χ2n) is 9.02. The minimum absolute atomic E-state index is 0.0275. The Kier molecular flexibility index (Phi) is 9.69. The molecule has 0 radical (unpaired) electrons. The van der Waals surface area contributed by atoms with Crippen LogP contribution in [0.4, 0.5) is 0 Å². The molecule has 1 aliphatic heterocycles. The summed E-state index contributed by atoms with van der Waals surface area (Å²) in [7, 11) is 0.0880. The van der Waals surface area contributed by atoms with Gasteiger partial charge in [-0.05, 0) is 24.9 Å². The number of aliphatic carboxylic acids is 1. The van der Waals surface area contributed by atoms with Gasteiger partial charge in [-0.2, -0.15) is 0 Å². The maximum absolute atomic E-state index is 13.5. The van der Waals surface area contributed by atoms with Gasteiger partial charge in [0.05, 0.1) is 12.1 Å². The molecule has 0 saturated carbocycles. The van der Waals surface area contributed by atoms with E-state index in [4.69, 9.17) is 9.31 Å². The van der Waals surface area contributed by atoms with Crippen molar-refractivity contribution in [3.63, 3.8) is 0 Å². The highest BCUT2D eigenvalue weighted by Gasteiger charge is 2.49. The lowest BCUT2D eigenvalue weighted by atomic mass is 9.72. The van der Waals surface area contributed by atoms with E-state index >= 15 is 0 Å². The largest absolute Gasteiger partial charge is 0.552 e. The van der Waals surface area contributed by atoms with E-state index in [2.05, 4.69) is 25.9 Å². The third-order valence-corrected chi connectivity index (χ3v) is 5.71. The van der Waals surface area contributed by atoms with Crippen LogP contribution in [0, 0.1) is 5.92 Å². The number of aromatic nitrogens is 2. The van der Waals surface area contributed by atoms with Gasteiger partial charge in [-0.1, -0.05) is 44.2 Å². The van der Waals surface area contributed by atoms with Crippen molar-refractivity contribution in [1.82, 2.24) is 25.9 Å². The van der Waals surface area contributed by atoms with E-state index in [-0.39, 0.29) is 18.0 Å². The Morgan fingerprint density at radius 1 is 1.14 bits per heavy atom. The molecule has 4 atom stereocenters. The van der Waals surface area contributed by atoms with Crippen LogP contribution in [0.15, 0.2) is 48.9 Å². The molecule has 12 nitrogen and oxygen atoms in total. The van der Waals surface area contributed by atoms with Gasteiger partial charge in [-0.25, -0.2) is 9.78 Å². The molecule has 4 N–H and O–H groups in total. The fourth-order valence-electron chi connectivity index (χ4n) is 3.95. The molecule has 196 valence electrons. The Labute approximate surface area is 214 Å². The van der Waals surface area contributed by atoms with Gasteiger partial charge in [-0.3, -0.25) is 19.4 Å². The standard InChI is InChI=1S/C24H30BN5O7/c1-14(2)11-18(25-36-20(23(33)34)19(26-3)24(35)37-25)30-21(31)16(12-15-7-5-4-6-8-15)29-22(32)17-13-27-9-10-28-17/h4-10,13-14,16,18-20,26H,11-12H2,1-3H3,(H,29,32)(H,30,31)(H,33,34)/t16-,18-,19+,20+/m0/s1. The van der Waals surface area contributed by atoms with Gasteiger partial charge in [0, 0.05) is 18.8 Å². The van der Waals surface area contributed by atoms with Crippen molar-refractivity contribution < 1.29 is 33.6 Å². The Morgan fingerprint density at radius 3 is 2.46 bits per heavy atom. The molecule has 1 fully saturated rings. The summed E-state index contributed by atoms with van der Waals surface area (Å²) in [6, 6.07) is 6.89. The van der Waals surface area contributed by atoms with E-state index < -0.39 is 55.0 Å². The maximum atomic E-state index is 13.5. The minimum Gasteiger partial charge on any atom is -0.507 e. The molecule has 1 aromatic heterocycles. The number of hydrogen-bond acceptors (Lipinski definition) is 9. The van der Waals surface area contributed by atoms with E-state index in [1.165, 1.54) is 25.6 Å². The first-order chi connectivity index (χ1) is 17.7. The highest BCUT2D eigenvalue weighted by molar-refractivity contribution is 6.50.